The minimum Gasteiger partial charge on any atom is -0.492 e. The molecule has 2 rings (SSSR count). The highest BCUT2D eigenvalue weighted by molar-refractivity contribution is 7.89. The van der Waals surface area contributed by atoms with Crippen molar-refractivity contribution >= 4 is 33.3 Å². The molecule has 0 fully saturated rings. The molecule has 0 atom stereocenters. The quantitative estimate of drug-likeness (QED) is 0.558. The van der Waals surface area contributed by atoms with Crippen LogP contribution in [0.2, 0.25) is 5.02 Å². The molecule has 156 valence electrons. The number of ether oxygens (including phenoxy) is 2. The molecule has 0 saturated carbocycles. The Kier molecular flexibility index (Phi) is 8.04. The fraction of sp³-hybridized carbons (Fsp3) is 0.300. The second-order valence-electron chi connectivity index (χ2n) is 6.46. The Balaban J connectivity index is 1.79. The Hall–Kier alpha value is -2.58. The fourth-order valence-corrected chi connectivity index (χ4v) is 3.28. The molecule has 29 heavy (non-hydrogen) atoms. The zero-order valence-electron chi connectivity index (χ0n) is 16.1. The van der Waals surface area contributed by atoms with Crippen molar-refractivity contribution in [3.05, 3.63) is 64.7 Å². The van der Waals surface area contributed by atoms with E-state index in [1.807, 2.05) is 0 Å². The van der Waals surface area contributed by atoms with Crippen LogP contribution in [0.25, 0.3) is 0 Å². The second-order valence-corrected chi connectivity index (χ2v) is 9.04. The van der Waals surface area contributed by atoms with Gasteiger partial charge in [-0.15, -0.1) is 0 Å². The molecule has 0 radical (unpaired) electrons. The number of amides is 1. The maximum Gasteiger partial charge on any atom is 0.338 e. The first-order chi connectivity index (χ1) is 13.6. The first-order valence-electron chi connectivity index (χ1n) is 8.70. The molecule has 1 amide bonds. The van der Waals surface area contributed by atoms with Crippen LogP contribution in [-0.4, -0.2) is 58.3 Å². The number of carbonyl (C=O) groups excluding carboxylic acids is 2. The highest BCUT2D eigenvalue weighted by Crippen LogP contribution is 2.15. The van der Waals surface area contributed by atoms with Crippen molar-refractivity contribution in [2.45, 2.75) is 5.75 Å². The monoisotopic (exact) mass is 439 g/mol. The summed E-state index contributed by atoms with van der Waals surface area (Å²) < 4.78 is 33.3. The molecule has 0 aromatic heterocycles. The summed E-state index contributed by atoms with van der Waals surface area (Å²) in [6.07, 6.45) is 1.11. The van der Waals surface area contributed by atoms with E-state index in [0.717, 1.165) is 6.26 Å². The number of hydrogen-bond donors (Lipinski definition) is 0. The topological polar surface area (TPSA) is 90.0 Å². The van der Waals surface area contributed by atoms with Gasteiger partial charge in [0.1, 0.15) is 12.4 Å². The fourth-order valence-electron chi connectivity index (χ4n) is 2.37. The lowest BCUT2D eigenvalue weighted by atomic mass is 10.1. The van der Waals surface area contributed by atoms with E-state index in [1.54, 1.807) is 43.4 Å². The SMILES string of the molecule is CN(CCOc1ccc(Cl)cc1)C(=O)COC(=O)c1cccc(CS(C)(=O)=O)c1. The largest absolute Gasteiger partial charge is 0.492 e. The Morgan fingerprint density at radius 3 is 2.45 bits per heavy atom. The molecular formula is C20H22ClNO6S. The summed E-state index contributed by atoms with van der Waals surface area (Å²) in [5, 5.41) is 0.605. The molecular weight excluding hydrogens is 418 g/mol. The molecule has 0 unspecified atom stereocenters. The number of esters is 1. The number of likely N-dealkylation sites (N-methyl/N-ethyl adjacent to an activating group) is 1. The number of nitrogens with zero attached hydrogens (tertiary/aromatic N) is 1. The van der Waals surface area contributed by atoms with Gasteiger partial charge < -0.3 is 14.4 Å². The maximum atomic E-state index is 12.1. The second kappa shape index (κ2) is 10.3. The van der Waals surface area contributed by atoms with E-state index in [2.05, 4.69) is 0 Å². The van der Waals surface area contributed by atoms with Gasteiger partial charge in [-0.25, -0.2) is 13.2 Å². The number of rotatable bonds is 9. The van der Waals surface area contributed by atoms with Crippen molar-refractivity contribution in [2.24, 2.45) is 0 Å². The van der Waals surface area contributed by atoms with E-state index in [0.29, 0.717) is 22.9 Å². The van der Waals surface area contributed by atoms with E-state index in [-0.39, 0.29) is 23.8 Å². The third-order valence-electron chi connectivity index (χ3n) is 3.85. The van der Waals surface area contributed by atoms with Crippen LogP contribution in [0.4, 0.5) is 0 Å². The molecule has 0 aliphatic rings. The standard InChI is InChI=1S/C20H22ClNO6S/c1-22(10-11-27-18-8-6-17(21)7-9-18)19(23)13-28-20(24)16-5-3-4-15(12-16)14-29(2,25)26/h3-9,12H,10-11,13-14H2,1-2H3. The zero-order valence-corrected chi connectivity index (χ0v) is 17.7. The summed E-state index contributed by atoms with van der Waals surface area (Å²) >= 11 is 5.80. The molecule has 2 aromatic rings. The van der Waals surface area contributed by atoms with Crippen molar-refractivity contribution in [1.29, 1.82) is 0 Å². The zero-order chi connectivity index (χ0) is 21.4. The van der Waals surface area contributed by atoms with Crippen molar-refractivity contribution < 1.29 is 27.5 Å². The lowest BCUT2D eigenvalue weighted by molar-refractivity contribution is -0.133. The minimum atomic E-state index is -3.22. The Labute approximate surface area is 175 Å². The lowest BCUT2D eigenvalue weighted by Gasteiger charge is -2.17. The first kappa shape index (κ1) is 22.7. The Morgan fingerprint density at radius 2 is 1.79 bits per heavy atom. The van der Waals surface area contributed by atoms with E-state index in [4.69, 9.17) is 21.1 Å². The van der Waals surface area contributed by atoms with E-state index in [9.17, 15) is 18.0 Å². The third kappa shape index (κ3) is 8.13. The molecule has 7 nitrogen and oxygen atoms in total. The van der Waals surface area contributed by atoms with E-state index >= 15 is 0 Å². The van der Waals surface area contributed by atoms with E-state index in [1.165, 1.54) is 17.0 Å². The van der Waals surface area contributed by atoms with Crippen LogP contribution in [0, 0.1) is 0 Å². The summed E-state index contributed by atoms with van der Waals surface area (Å²) in [5.41, 5.74) is 0.664. The van der Waals surface area contributed by atoms with Crippen molar-refractivity contribution in [3.8, 4) is 5.75 Å². The van der Waals surface area contributed by atoms with Crippen LogP contribution in [0.5, 0.6) is 5.75 Å². The van der Waals surface area contributed by atoms with Crippen LogP contribution in [0.3, 0.4) is 0 Å². The molecule has 2 aromatic carbocycles. The highest BCUT2D eigenvalue weighted by Gasteiger charge is 2.15. The molecule has 0 heterocycles. The molecule has 0 aliphatic carbocycles. The van der Waals surface area contributed by atoms with Crippen LogP contribution in [0.15, 0.2) is 48.5 Å². The predicted octanol–water partition coefficient (Wildman–Crippen LogP) is 2.58. The van der Waals surface area contributed by atoms with Gasteiger partial charge >= 0.3 is 5.97 Å². The molecule has 9 heteroatoms. The van der Waals surface area contributed by atoms with Crippen molar-refractivity contribution in [3.63, 3.8) is 0 Å². The molecule has 0 N–H and O–H groups in total. The average Bonchev–Trinajstić information content (AvgIpc) is 2.66. The number of sulfone groups is 1. The molecule has 0 bridgehead atoms. The van der Waals surface area contributed by atoms with Crippen LogP contribution in [0.1, 0.15) is 15.9 Å². The highest BCUT2D eigenvalue weighted by atomic mass is 35.5. The molecule has 0 aliphatic heterocycles. The summed E-state index contributed by atoms with van der Waals surface area (Å²) in [7, 11) is -1.64. The van der Waals surface area contributed by atoms with Gasteiger partial charge in [0.25, 0.3) is 5.91 Å². The number of carbonyl (C=O) groups is 2. The van der Waals surface area contributed by atoms with Gasteiger partial charge in [0, 0.05) is 18.3 Å². The van der Waals surface area contributed by atoms with Gasteiger partial charge in [-0.05, 0) is 42.0 Å². The summed E-state index contributed by atoms with van der Waals surface area (Å²) in [4.78, 5) is 25.6. The molecule has 0 spiro atoms. The third-order valence-corrected chi connectivity index (χ3v) is 4.96. The van der Waals surface area contributed by atoms with Gasteiger partial charge in [0.05, 0.1) is 17.9 Å². The lowest BCUT2D eigenvalue weighted by Crippen LogP contribution is -2.34. The Morgan fingerprint density at radius 1 is 1.10 bits per heavy atom. The molecule has 0 saturated heterocycles. The smallest absolute Gasteiger partial charge is 0.338 e. The van der Waals surface area contributed by atoms with Crippen LogP contribution < -0.4 is 4.74 Å². The van der Waals surface area contributed by atoms with Gasteiger partial charge in [-0.2, -0.15) is 0 Å². The van der Waals surface area contributed by atoms with Gasteiger partial charge in [-0.1, -0.05) is 23.7 Å². The first-order valence-corrected chi connectivity index (χ1v) is 11.1. The van der Waals surface area contributed by atoms with Gasteiger partial charge in [0.15, 0.2) is 16.4 Å². The number of hydrogen-bond acceptors (Lipinski definition) is 6. The average molecular weight is 440 g/mol. The normalized spacial score (nSPS) is 11.0. The summed E-state index contributed by atoms with van der Waals surface area (Å²) in [5.74, 6) is -0.621. The van der Waals surface area contributed by atoms with Gasteiger partial charge in [-0.3, -0.25) is 4.79 Å². The van der Waals surface area contributed by atoms with Crippen LogP contribution in [-0.2, 0) is 25.1 Å². The summed E-state index contributed by atoms with van der Waals surface area (Å²) in [6, 6.07) is 13.0. The summed E-state index contributed by atoms with van der Waals surface area (Å²) in [6.45, 7) is 0.154. The van der Waals surface area contributed by atoms with Gasteiger partial charge in [0.2, 0.25) is 0 Å². The minimum absolute atomic E-state index is 0.177. The Bertz CT molecular complexity index is 959. The number of halogens is 1. The maximum absolute atomic E-state index is 12.1. The predicted molar refractivity (Wildman–Crippen MR) is 110 cm³/mol. The van der Waals surface area contributed by atoms with E-state index < -0.39 is 22.4 Å². The van der Waals surface area contributed by atoms with Crippen molar-refractivity contribution in [2.75, 3.05) is 33.1 Å². The van der Waals surface area contributed by atoms with Crippen molar-refractivity contribution in [1.82, 2.24) is 4.90 Å². The van der Waals surface area contributed by atoms with Crippen LogP contribution >= 0.6 is 11.6 Å². The number of benzene rings is 2.